The molecule has 212 valence electrons. The highest BCUT2D eigenvalue weighted by atomic mass is 127. The van der Waals surface area contributed by atoms with Gasteiger partial charge in [-0.2, -0.15) is 17.2 Å². The molecular weight excluding hydrogens is 664 g/mol. The fourth-order valence-corrected chi connectivity index (χ4v) is 9.39. The fourth-order valence-electron chi connectivity index (χ4n) is 3.81. The van der Waals surface area contributed by atoms with Crippen molar-refractivity contribution in [2.24, 2.45) is 0 Å². The lowest BCUT2D eigenvalue weighted by Gasteiger charge is -2.39. The molecule has 11 heteroatoms. The molecule has 39 heavy (non-hydrogen) atoms. The van der Waals surface area contributed by atoms with Crippen LogP contribution < -0.4 is 0 Å². The molecule has 0 saturated carbocycles. The zero-order valence-electron chi connectivity index (χ0n) is 21.1. The van der Waals surface area contributed by atoms with Gasteiger partial charge in [0.15, 0.2) is 0 Å². The van der Waals surface area contributed by atoms with Gasteiger partial charge >= 0.3 is 21.3 Å². The normalized spacial score (nSPS) is 12.7. The van der Waals surface area contributed by atoms with E-state index in [4.69, 9.17) is 3.63 Å². The summed E-state index contributed by atoms with van der Waals surface area (Å²) in [5.74, 6) is -2.80. The van der Waals surface area contributed by atoms with E-state index in [9.17, 15) is 17.6 Å². The average molecular weight is 695 g/mol. The van der Waals surface area contributed by atoms with Crippen molar-refractivity contribution in [2.75, 3.05) is 11.0 Å². The molecule has 0 fully saturated rings. The third kappa shape index (κ3) is 7.77. The van der Waals surface area contributed by atoms with Crippen LogP contribution >= 0.6 is 32.9 Å². The molecule has 0 aliphatic rings. The Hall–Kier alpha value is -2.09. The van der Waals surface area contributed by atoms with Crippen LogP contribution in [0.2, 0.25) is 0 Å². The third-order valence-electron chi connectivity index (χ3n) is 5.80. The maximum absolute atomic E-state index is 15.2. The van der Waals surface area contributed by atoms with Gasteiger partial charge in [-0.3, -0.25) is 0 Å². The zero-order chi connectivity index (χ0) is 28.4. The predicted molar refractivity (Wildman–Crippen MR) is 154 cm³/mol. The first-order chi connectivity index (χ1) is 18.6. The molecule has 0 N–H and O–H groups in total. The van der Waals surface area contributed by atoms with Crippen molar-refractivity contribution in [1.82, 2.24) is 0 Å². The van der Waals surface area contributed by atoms with Gasteiger partial charge in [0.1, 0.15) is 5.82 Å². The number of alkyl halides is 3. The first kappa shape index (κ1) is 31.4. The van der Waals surface area contributed by atoms with Crippen molar-refractivity contribution in [1.29, 1.82) is 0 Å². The van der Waals surface area contributed by atoms with Crippen molar-refractivity contribution >= 4 is 49.0 Å². The van der Waals surface area contributed by atoms with Crippen LogP contribution in [0.15, 0.2) is 99.6 Å². The number of hydrogen-bond acceptors (Lipinski definition) is 5. The summed E-state index contributed by atoms with van der Waals surface area (Å²) < 4.78 is 81.9. The quantitative estimate of drug-likeness (QED) is 0.0694. The van der Waals surface area contributed by atoms with Gasteiger partial charge in [-0.05, 0) is 76.1 Å². The fraction of sp³-hybridized carbons (Fsp3) is 0.321. The Labute approximate surface area is 242 Å². The van der Waals surface area contributed by atoms with Crippen molar-refractivity contribution < 1.29 is 34.7 Å². The third-order valence-corrected chi connectivity index (χ3v) is 11.7. The van der Waals surface area contributed by atoms with Gasteiger partial charge in [0.2, 0.25) is 0 Å². The first-order valence-corrected chi connectivity index (χ1v) is 16.9. The number of esters is 1. The van der Waals surface area contributed by atoms with Crippen LogP contribution in [-0.4, -0.2) is 30.7 Å². The predicted octanol–water partition coefficient (Wildman–Crippen LogP) is 8.28. The van der Waals surface area contributed by atoms with E-state index in [2.05, 4.69) is 27.3 Å². The maximum atomic E-state index is 15.2. The number of carbonyl (C=O) groups is 1. The number of carbonyl (C=O) groups excluding carboxylic acids is 1. The molecule has 0 bridgehead atoms. The highest BCUT2D eigenvalue weighted by Crippen LogP contribution is 2.70. The minimum atomic E-state index is -5.89. The minimum absolute atomic E-state index is 0.150. The molecule has 0 amide bonds. The zero-order valence-corrected chi connectivity index (χ0v) is 24.9. The van der Waals surface area contributed by atoms with Gasteiger partial charge in [0.25, 0.3) is 0 Å². The number of benzene rings is 3. The molecule has 0 heterocycles. The summed E-state index contributed by atoms with van der Waals surface area (Å²) in [5, 5.41) is -4.98. The van der Waals surface area contributed by atoms with Crippen LogP contribution in [0, 0.1) is 5.82 Å². The summed E-state index contributed by atoms with van der Waals surface area (Å²) in [5.41, 5.74) is 0. The lowest BCUT2D eigenvalue weighted by atomic mass is 10.1. The lowest BCUT2D eigenvalue weighted by Crippen LogP contribution is -2.41. The Morgan fingerprint density at radius 1 is 0.718 bits per heavy atom. The molecular formula is C28H30F3IO5S2. The highest BCUT2D eigenvalue weighted by molar-refractivity contribution is 14.1. The van der Waals surface area contributed by atoms with E-state index in [0.29, 0.717) is 12.8 Å². The number of halogens is 4. The van der Waals surface area contributed by atoms with Crippen LogP contribution in [0.5, 0.6) is 0 Å². The number of hydrogen-bond donors (Lipinski definition) is 0. The Morgan fingerprint density at radius 2 is 1.18 bits per heavy atom. The number of ether oxygens (including phenoxy) is 1. The second-order valence-electron chi connectivity index (χ2n) is 8.62. The molecule has 0 aromatic heterocycles. The SMILES string of the molecule is O=C(OCCCCCCCCI)C(F)(F)S(=O)(=O)OS(c1ccccc1)(c1ccccc1)c1ccc(F)cc1. The molecule has 0 aliphatic heterocycles. The van der Waals surface area contributed by atoms with Crippen molar-refractivity contribution in [3.8, 4) is 0 Å². The lowest BCUT2D eigenvalue weighted by molar-refractivity contribution is -0.161. The Kier molecular flexibility index (Phi) is 11.7. The van der Waals surface area contributed by atoms with Gasteiger partial charge in [-0.25, -0.2) is 12.8 Å². The Morgan fingerprint density at radius 3 is 1.69 bits per heavy atom. The van der Waals surface area contributed by atoms with Crippen LogP contribution in [-0.2, 0) is 23.3 Å². The standard InChI is InChI=1S/C28H30F3IO5S2/c29-23-17-19-26(20-18-23)38(24-13-7-5-8-14-24,25-15-9-6-10-16-25)37-39(34,35)28(30,31)27(33)36-22-12-4-2-1-3-11-21-32/h5-10,13-20H,1-4,11-12,21-22H2. The summed E-state index contributed by atoms with van der Waals surface area (Å²) in [4.78, 5) is 13.0. The number of unbranched alkanes of at least 4 members (excludes halogenated alkanes) is 5. The van der Waals surface area contributed by atoms with Crippen molar-refractivity contribution in [2.45, 2.75) is 58.5 Å². The van der Waals surface area contributed by atoms with Gasteiger partial charge in [0, 0.05) is 14.7 Å². The monoisotopic (exact) mass is 694 g/mol. The Balaban J connectivity index is 1.92. The smallest absolute Gasteiger partial charge is 0.460 e. The first-order valence-electron chi connectivity index (χ1n) is 12.4. The van der Waals surface area contributed by atoms with Crippen molar-refractivity contribution in [3.05, 3.63) is 90.7 Å². The topological polar surface area (TPSA) is 69.7 Å². The van der Waals surface area contributed by atoms with Crippen molar-refractivity contribution in [3.63, 3.8) is 0 Å². The average Bonchev–Trinajstić information content (AvgIpc) is 2.94. The van der Waals surface area contributed by atoms with E-state index in [0.717, 1.165) is 42.2 Å². The van der Waals surface area contributed by atoms with Crippen LogP contribution in [0.1, 0.15) is 38.5 Å². The summed E-state index contributed by atoms with van der Waals surface area (Å²) in [6.45, 7) is -0.330. The van der Waals surface area contributed by atoms with E-state index in [-0.39, 0.29) is 21.3 Å². The molecule has 3 aromatic carbocycles. The molecule has 0 radical (unpaired) electrons. The van der Waals surface area contributed by atoms with E-state index in [1.807, 2.05) is 0 Å². The van der Waals surface area contributed by atoms with Crippen LogP contribution in [0.4, 0.5) is 13.2 Å². The van der Waals surface area contributed by atoms with Crippen LogP contribution in [0.25, 0.3) is 0 Å². The summed E-state index contributed by atoms with van der Waals surface area (Å²) in [6, 6.07) is 20.7. The van der Waals surface area contributed by atoms with E-state index >= 15 is 8.78 Å². The van der Waals surface area contributed by atoms with E-state index in [1.54, 1.807) is 36.4 Å². The largest absolute Gasteiger partial charge is 0.466 e. The molecule has 5 nitrogen and oxygen atoms in total. The van der Waals surface area contributed by atoms with Gasteiger partial charge < -0.3 is 4.74 Å². The summed E-state index contributed by atoms with van der Waals surface area (Å²) >= 11 is 2.30. The van der Waals surface area contributed by atoms with E-state index in [1.165, 1.54) is 36.4 Å². The van der Waals surface area contributed by atoms with Gasteiger partial charge in [-0.1, -0.05) is 84.7 Å². The minimum Gasteiger partial charge on any atom is -0.460 e. The molecule has 3 rings (SSSR count). The second kappa shape index (κ2) is 14.5. The Bertz CT molecular complexity index is 1250. The second-order valence-corrected chi connectivity index (χ2v) is 14.2. The molecule has 0 atom stereocenters. The van der Waals surface area contributed by atoms with E-state index < -0.39 is 37.5 Å². The molecule has 0 aliphatic carbocycles. The maximum Gasteiger partial charge on any atom is 0.466 e. The summed E-state index contributed by atoms with van der Waals surface area (Å²) in [7, 11) is -9.30. The molecule has 3 aromatic rings. The number of rotatable bonds is 15. The molecule has 0 spiro atoms. The molecule has 0 saturated heterocycles. The van der Waals surface area contributed by atoms with Gasteiger partial charge in [0.05, 0.1) is 6.61 Å². The van der Waals surface area contributed by atoms with Crippen LogP contribution in [0.3, 0.4) is 0 Å². The van der Waals surface area contributed by atoms with Gasteiger partial charge in [-0.15, -0.1) is 0 Å². The highest BCUT2D eigenvalue weighted by Gasteiger charge is 2.58. The summed E-state index contributed by atoms with van der Waals surface area (Å²) in [6.07, 6.45) is 5.03. The molecule has 0 unspecified atom stereocenters.